The normalized spacial score (nSPS) is 14.4. The van der Waals surface area contributed by atoms with Crippen LogP contribution in [0.1, 0.15) is 13.3 Å². The number of nitrogens with zero attached hydrogens (tertiary/aromatic N) is 8. The van der Waals surface area contributed by atoms with Gasteiger partial charge in [0.15, 0.2) is 0 Å². The van der Waals surface area contributed by atoms with Gasteiger partial charge in [0.1, 0.15) is 11.4 Å². The zero-order valence-electron chi connectivity index (χ0n) is 64.1. The average molecular weight is 1490 g/mol. The molecule has 2 aliphatic carbocycles. The number of benzene rings is 16. The van der Waals surface area contributed by atoms with Crippen molar-refractivity contribution in [1.82, 2.24) is 22.8 Å². The molecule has 0 amide bonds. The molecule has 4 aliphatic rings. The van der Waals surface area contributed by atoms with Crippen molar-refractivity contribution in [2.75, 3.05) is 14.7 Å². The zero-order chi connectivity index (χ0) is 77.1. The summed E-state index contributed by atoms with van der Waals surface area (Å²) in [5.74, 6) is 0. The zero-order valence-corrected chi connectivity index (χ0v) is 64.1. The van der Waals surface area contributed by atoms with Gasteiger partial charge in [-0.1, -0.05) is 225 Å². The largest absolute Gasteiger partial charge is 0.309 e. The quantitative estimate of drug-likeness (QED) is 0.135. The van der Waals surface area contributed by atoms with E-state index in [1.165, 1.54) is 76.4 Å². The van der Waals surface area contributed by atoms with Crippen LogP contribution in [-0.2, 0) is 0 Å². The molecule has 8 nitrogen and oxygen atoms in total. The summed E-state index contributed by atoms with van der Waals surface area (Å²) in [6.45, 7) is 7.61. The Morgan fingerprint density at radius 2 is 0.650 bits per heavy atom. The molecule has 548 valence electrons. The number of fused-ring (bicyclic) bond motifs is 18. The van der Waals surface area contributed by atoms with Crippen LogP contribution >= 0.6 is 0 Å². The topological polar surface area (TPSA) is 32.5 Å². The van der Waals surface area contributed by atoms with Crippen molar-refractivity contribution in [2.24, 2.45) is 0 Å². The van der Waals surface area contributed by atoms with E-state index in [0.717, 1.165) is 145 Å². The highest BCUT2D eigenvalue weighted by molar-refractivity contribution is 6.23. The van der Waals surface area contributed by atoms with E-state index in [1.807, 2.05) is 0 Å². The molecule has 4 aromatic heterocycles. The Balaban J connectivity index is 0.840. The average Bonchev–Trinajstić information content (AvgIpc) is 1.51. The first kappa shape index (κ1) is 66.1. The van der Waals surface area contributed by atoms with Crippen LogP contribution in [0.4, 0.5) is 45.5 Å². The van der Waals surface area contributed by atoms with E-state index in [0.29, 0.717) is 6.42 Å². The first-order chi connectivity index (χ1) is 57.9. The molecule has 16 aromatic carbocycles. The van der Waals surface area contributed by atoms with Gasteiger partial charge in [-0.2, -0.15) is 4.58 Å². The molecule has 0 fully saturated rings. The predicted octanol–water partition coefficient (Wildman–Crippen LogP) is 24.2. The van der Waals surface area contributed by atoms with E-state index >= 15 is 0 Å². The fourth-order valence-corrected chi connectivity index (χ4v) is 19.8. The lowest BCUT2D eigenvalue weighted by Gasteiger charge is -2.42. The number of anilines is 6. The second-order valence-electron chi connectivity index (χ2n) is 31.0. The lowest BCUT2D eigenvalue weighted by atomic mass is 9.83. The molecule has 0 spiro atoms. The lowest BCUT2D eigenvalue weighted by molar-refractivity contribution is 1.00. The van der Waals surface area contributed by atoms with Crippen molar-refractivity contribution in [1.29, 1.82) is 0 Å². The van der Waals surface area contributed by atoms with Gasteiger partial charge in [-0.15, -0.1) is 0 Å². The molecule has 0 bridgehead atoms. The van der Waals surface area contributed by atoms with E-state index in [4.69, 9.17) is 6.58 Å². The monoisotopic (exact) mass is 1490 g/mol. The molecule has 20 aromatic rings. The van der Waals surface area contributed by atoms with E-state index in [-0.39, 0.29) is 0 Å². The molecule has 0 radical (unpaired) electrons. The molecular weight excluding hydrogens is 1420 g/mol. The van der Waals surface area contributed by atoms with Crippen molar-refractivity contribution < 1.29 is 0 Å². The maximum Gasteiger partial charge on any atom is 0.235 e. The number of hydrogen-bond acceptors (Lipinski definition) is 3. The van der Waals surface area contributed by atoms with Crippen LogP contribution in [0.3, 0.4) is 0 Å². The van der Waals surface area contributed by atoms with Gasteiger partial charge in [-0.05, 0) is 214 Å². The second-order valence-corrected chi connectivity index (χ2v) is 31.0. The van der Waals surface area contributed by atoms with Gasteiger partial charge < -0.3 is 28.1 Å². The molecule has 6 heterocycles. The van der Waals surface area contributed by atoms with Crippen LogP contribution in [0.25, 0.3) is 132 Å². The summed E-state index contributed by atoms with van der Waals surface area (Å²) < 4.78 is 12.4. The van der Waals surface area contributed by atoms with Crippen LogP contribution in [0, 0.1) is 0 Å². The number of rotatable bonds is 9. The van der Waals surface area contributed by atoms with Gasteiger partial charge >= 0.3 is 0 Å². The molecule has 0 atom stereocenters. The minimum Gasteiger partial charge on any atom is -0.309 e. The maximum absolute atomic E-state index is 5.23. The molecule has 2 aliphatic heterocycles. The third-order valence-corrected chi connectivity index (χ3v) is 24.9. The van der Waals surface area contributed by atoms with Gasteiger partial charge in [0.25, 0.3) is 0 Å². The molecule has 24 rings (SSSR count). The number of hydrogen-bond donors (Lipinski definition) is 0. The van der Waals surface area contributed by atoms with Crippen molar-refractivity contribution in [3.63, 3.8) is 0 Å². The Morgan fingerprint density at radius 1 is 0.291 bits per heavy atom. The molecule has 8 heteroatoms. The van der Waals surface area contributed by atoms with Crippen molar-refractivity contribution in [3.05, 3.63) is 445 Å². The third-order valence-electron chi connectivity index (χ3n) is 24.9. The predicted molar refractivity (Wildman–Crippen MR) is 489 cm³/mol. The van der Waals surface area contributed by atoms with Crippen LogP contribution in [0.2, 0.25) is 0 Å². The van der Waals surface area contributed by atoms with E-state index in [9.17, 15) is 0 Å². The standard InChI is InChI=1S/C109H73N8/c1-70-80-59-55-76(116-99-49-25-19-43-86(99)93-65-78(57-61-101(93)116)114-95-45-21-15-39-82(95)83-40-16-22-46-96(83)114)63-89(80)92-69-109-108(112(74-35-11-5-12-36-74)105-53-29-30-54-106(105)113(109)75-37-13-6-14-38-75)68-91(92)81-60-56-77(117-100-50-26-20-44-87(100)94-66-79(58-62-102(94)117)115-97-47-23-17-41-84(97)85-42-18-24-48-98(85)115)64-90(81)88(70)67-107-71(2)110(72-31-7-3-8-32-72)103-51-27-28-52-104(103)111(107)73-33-9-4-10-34-73/h3-67,69H,2,68H2,1H3/q+1/b80-70?,88-70?,90-88?,91-81?,92-89?,107-67+. The molecule has 0 saturated heterocycles. The summed E-state index contributed by atoms with van der Waals surface area (Å²) >= 11 is 0. The second kappa shape index (κ2) is 26.0. The summed E-state index contributed by atoms with van der Waals surface area (Å²) in [5.41, 5.74) is 30.7. The maximum atomic E-state index is 5.23. The van der Waals surface area contributed by atoms with Crippen molar-refractivity contribution in [2.45, 2.75) is 13.3 Å². The summed E-state index contributed by atoms with van der Waals surface area (Å²) in [4.78, 5) is 7.30. The van der Waals surface area contributed by atoms with Gasteiger partial charge in [-0.3, -0.25) is 4.90 Å². The molecular formula is C109H73N8+. The minimum absolute atomic E-state index is 0.562. The van der Waals surface area contributed by atoms with Crippen LogP contribution in [0.5, 0.6) is 0 Å². The summed E-state index contributed by atoms with van der Waals surface area (Å²) in [7, 11) is 0. The minimum atomic E-state index is 0.562. The Bertz CT molecular complexity index is 7960. The molecule has 0 unspecified atom stereocenters. The summed E-state index contributed by atoms with van der Waals surface area (Å²) in [6.07, 6.45) is 5.59. The SMILES string of the molecule is C=C1/C(=C\C2=c3cc(-n4c5ccccc5c5cc(-n6c7ccccc7c7ccccc76)ccc54)ccc3=C3CC4=[N+](c5ccccc5)c5ccccc5N(c5ccccc5)C4=CC3=c3cc(-n4c5ccccc5c5cc(-n6c7ccccc7c7ccccc76)ccc54)ccc3=C2C)N(c2ccccc2)c2ccccc2N1c1ccccc1. The van der Waals surface area contributed by atoms with Crippen molar-refractivity contribution >= 4 is 161 Å². The van der Waals surface area contributed by atoms with Crippen molar-refractivity contribution in [3.8, 4) is 22.7 Å². The van der Waals surface area contributed by atoms with Gasteiger partial charge in [-0.25, -0.2) is 0 Å². The molecule has 0 saturated carbocycles. The first-order valence-corrected chi connectivity index (χ1v) is 40.3. The van der Waals surface area contributed by atoms with Crippen LogP contribution in [0.15, 0.2) is 424 Å². The highest BCUT2D eigenvalue weighted by atomic mass is 15.3. The third kappa shape index (κ3) is 9.98. The van der Waals surface area contributed by atoms with Gasteiger partial charge in [0.05, 0.1) is 73.3 Å². The number of para-hydroxylation sites is 14. The van der Waals surface area contributed by atoms with Gasteiger partial charge in [0, 0.05) is 101 Å². The Kier molecular flexibility index (Phi) is 14.7. The van der Waals surface area contributed by atoms with Crippen LogP contribution in [-0.4, -0.2) is 24.0 Å². The first-order valence-electron chi connectivity index (χ1n) is 40.3. The number of allylic oxidation sites excluding steroid dienone is 3. The Labute approximate surface area is 674 Å². The molecule has 0 N–H and O–H groups in total. The highest BCUT2D eigenvalue weighted by Crippen LogP contribution is 2.51. The summed E-state index contributed by atoms with van der Waals surface area (Å²) in [5, 5.41) is 14.1. The summed E-state index contributed by atoms with van der Waals surface area (Å²) in [6, 6.07) is 143. The van der Waals surface area contributed by atoms with E-state index in [2.05, 4.69) is 445 Å². The number of aromatic nitrogens is 4. The fraction of sp³-hybridized carbons (Fsp3) is 0.0183. The lowest BCUT2D eigenvalue weighted by Crippen LogP contribution is -2.42. The Morgan fingerprint density at radius 3 is 1.14 bits per heavy atom. The highest BCUT2D eigenvalue weighted by Gasteiger charge is 2.42. The van der Waals surface area contributed by atoms with E-state index in [1.54, 1.807) is 0 Å². The Hall–Kier alpha value is -15.5. The smallest absolute Gasteiger partial charge is 0.235 e. The fourth-order valence-electron chi connectivity index (χ4n) is 19.8. The van der Waals surface area contributed by atoms with Gasteiger partial charge in [0.2, 0.25) is 17.1 Å². The molecule has 117 heavy (non-hydrogen) atoms. The van der Waals surface area contributed by atoms with Crippen LogP contribution < -0.4 is 40.1 Å². The van der Waals surface area contributed by atoms with E-state index < -0.39 is 0 Å².